The van der Waals surface area contributed by atoms with Crippen LogP contribution in [-0.4, -0.2) is 44.3 Å². The van der Waals surface area contributed by atoms with Gasteiger partial charge in [-0.15, -0.1) is 0 Å². The third-order valence-electron chi connectivity index (χ3n) is 5.82. The van der Waals surface area contributed by atoms with Crippen LogP contribution in [0.1, 0.15) is 25.0 Å². The Morgan fingerprint density at radius 3 is 2.27 bits per heavy atom. The number of hydrogen-bond donors (Lipinski definition) is 1. The summed E-state index contributed by atoms with van der Waals surface area (Å²) in [6.45, 7) is 4.80. The van der Waals surface area contributed by atoms with Gasteiger partial charge in [-0.2, -0.15) is 0 Å². The van der Waals surface area contributed by atoms with Crippen LogP contribution in [0.3, 0.4) is 0 Å². The van der Waals surface area contributed by atoms with E-state index < -0.39 is 40.2 Å². The van der Waals surface area contributed by atoms with E-state index in [1.807, 2.05) is 0 Å². The molecule has 0 saturated heterocycles. The molecule has 10 heteroatoms. The molecule has 0 fully saturated rings. The first-order chi connectivity index (χ1) is 17.5. The smallest absolute Gasteiger partial charge is 0.264 e. The highest BCUT2D eigenvalue weighted by molar-refractivity contribution is 7.92. The number of aryl methyl sites for hydroxylation is 1. The Kier molecular flexibility index (Phi) is 9.29. The fourth-order valence-corrected chi connectivity index (χ4v) is 5.55. The Labute approximate surface area is 221 Å². The third-order valence-corrected chi connectivity index (χ3v) is 7.83. The molecule has 0 bridgehead atoms. The van der Waals surface area contributed by atoms with E-state index >= 15 is 0 Å². The Hall–Kier alpha value is -3.43. The minimum atomic E-state index is -4.16. The monoisotopic (exact) mass is 545 g/mol. The van der Waals surface area contributed by atoms with E-state index in [0.29, 0.717) is 22.7 Å². The molecule has 3 aromatic carbocycles. The van der Waals surface area contributed by atoms with Crippen LogP contribution in [0, 0.1) is 12.7 Å². The van der Waals surface area contributed by atoms with Gasteiger partial charge in [-0.05, 0) is 74.4 Å². The number of amides is 2. The van der Waals surface area contributed by atoms with Gasteiger partial charge in [0.1, 0.15) is 18.4 Å². The zero-order valence-corrected chi connectivity index (χ0v) is 22.4. The second kappa shape index (κ2) is 12.2. The van der Waals surface area contributed by atoms with Gasteiger partial charge in [0, 0.05) is 18.1 Å². The lowest BCUT2D eigenvalue weighted by atomic mass is 10.1. The Morgan fingerprint density at radius 1 is 1.03 bits per heavy atom. The number of benzene rings is 3. The summed E-state index contributed by atoms with van der Waals surface area (Å²) in [5.74, 6) is -1.42. The highest BCUT2D eigenvalue weighted by Gasteiger charge is 2.33. The summed E-state index contributed by atoms with van der Waals surface area (Å²) < 4.78 is 41.9. The average Bonchev–Trinajstić information content (AvgIpc) is 2.87. The molecule has 1 N–H and O–H groups in total. The van der Waals surface area contributed by atoms with Gasteiger partial charge in [0.15, 0.2) is 0 Å². The predicted molar refractivity (Wildman–Crippen MR) is 142 cm³/mol. The van der Waals surface area contributed by atoms with Crippen molar-refractivity contribution in [1.82, 2.24) is 10.2 Å². The van der Waals surface area contributed by atoms with E-state index in [4.69, 9.17) is 11.6 Å². The van der Waals surface area contributed by atoms with Crippen LogP contribution < -0.4 is 9.62 Å². The van der Waals surface area contributed by atoms with Crippen LogP contribution in [-0.2, 0) is 26.2 Å². The number of nitrogens with zero attached hydrogens (tertiary/aromatic N) is 2. The first-order valence-electron chi connectivity index (χ1n) is 11.7. The van der Waals surface area contributed by atoms with Crippen LogP contribution in [0.4, 0.5) is 10.1 Å². The summed E-state index contributed by atoms with van der Waals surface area (Å²) in [5.41, 5.74) is 1.43. The summed E-state index contributed by atoms with van der Waals surface area (Å²) in [5, 5.41) is 3.12. The van der Waals surface area contributed by atoms with Gasteiger partial charge >= 0.3 is 0 Å². The molecule has 1 atom stereocenters. The first-order valence-corrected chi connectivity index (χ1v) is 13.5. The van der Waals surface area contributed by atoms with Gasteiger partial charge in [-0.25, -0.2) is 12.8 Å². The van der Waals surface area contributed by atoms with Crippen LogP contribution in [0.25, 0.3) is 0 Å². The molecule has 3 aromatic rings. The number of nitrogens with one attached hydrogen (secondary N) is 1. The van der Waals surface area contributed by atoms with E-state index in [9.17, 15) is 22.4 Å². The Balaban J connectivity index is 2.04. The quantitative estimate of drug-likeness (QED) is 0.405. The summed E-state index contributed by atoms with van der Waals surface area (Å²) in [4.78, 5) is 27.7. The summed E-state index contributed by atoms with van der Waals surface area (Å²) >= 11 is 6.10. The molecule has 37 heavy (non-hydrogen) atoms. The molecule has 3 rings (SSSR count). The molecule has 0 aliphatic rings. The zero-order chi connectivity index (χ0) is 27.2. The lowest BCUT2D eigenvalue weighted by Crippen LogP contribution is -2.51. The van der Waals surface area contributed by atoms with Crippen molar-refractivity contribution in [2.24, 2.45) is 0 Å². The van der Waals surface area contributed by atoms with Gasteiger partial charge in [-0.1, -0.05) is 41.9 Å². The highest BCUT2D eigenvalue weighted by atomic mass is 35.5. The van der Waals surface area contributed by atoms with Gasteiger partial charge in [0.25, 0.3) is 10.0 Å². The maximum Gasteiger partial charge on any atom is 0.264 e. The Morgan fingerprint density at radius 2 is 1.68 bits per heavy atom. The van der Waals surface area contributed by atoms with Crippen molar-refractivity contribution in [2.75, 3.05) is 17.4 Å². The predicted octanol–water partition coefficient (Wildman–Crippen LogP) is 4.54. The van der Waals surface area contributed by atoms with Gasteiger partial charge < -0.3 is 10.2 Å². The molecule has 196 valence electrons. The fourth-order valence-electron chi connectivity index (χ4n) is 3.82. The number of likely N-dealkylation sites (N-methyl/N-ethyl adjacent to an activating group) is 1. The first kappa shape index (κ1) is 28.1. The maximum atomic E-state index is 13.7. The molecule has 0 heterocycles. The van der Waals surface area contributed by atoms with E-state index in [1.165, 1.54) is 41.3 Å². The lowest BCUT2D eigenvalue weighted by molar-refractivity contribution is -0.139. The van der Waals surface area contributed by atoms with E-state index in [1.54, 1.807) is 57.2 Å². The molecule has 0 aliphatic heterocycles. The minimum Gasteiger partial charge on any atom is -0.355 e. The van der Waals surface area contributed by atoms with E-state index in [0.717, 1.165) is 4.31 Å². The van der Waals surface area contributed by atoms with Crippen molar-refractivity contribution >= 4 is 39.1 Å². The molecule has 0 unspecified atom stereocenters. The number of hydrogen-bond acceptors (Lipinski definition) is 4. The van der Waals surface area contributed by atoms with Crippen LogP contribution in [0.15, 0.2) is 77.7 Å². The average molecular weight is 546 g/mol. The lowest BCUT2D eigenvalue weighted by Gasteiger charge is -2.32. The molecule has 0 saturated carbocycles. The molecule has 7 nitrogen and oxygen atoms in total. The number of carbonyl (C=O) groups is 2. The number of halogens is 2. The molecular formula is C27H29ClFN3O4S. The molecule has 0 aliphatic carbocycles. The molecule has 0 aromatic heterocycles. The maximum absolute atomic E-state index is 13.7. The van der Waals surface area contributed by atoms with Crippen molar-refractivity contribution in [3.05, 3.63) is 94.8 Å². The number of sulfonamides is 1. The second-order valence-corrected chi connectivity index (χ2v) is 10.8. The summed E-state index contributed by atoms with van der Waals surface area (Å²) in [6, 6.07) is 17.1. The van der Waals surface area contributed by atoms with Gasteiger partial charge in [0.05, 0.1) is 10.6 Å². The van der Waals surface area contributed by atoms with Crippen molar-refractivity contribution < 1.29 is 22.4 Å². The summed E-state index contributed by atoms with van der Waals surface area (Å²) in [6.07, 6.45) is 0. The van der Waals surface area contributed by atoms with E-state index in [-0.39, 0.29) is 17.1 Å². The topological polar surface area (TPSA) is 86.8 Å². The fraction of sp³-hybridized carbons (Fsp3) is 0.259. The minimum absolute atomic E-state index is 0.0130. The molecule has 0 radical (unpaired) electrons. The second-order valence-electron chi connectivity index (χ2n) is 8.47. The van der Waals surface area contributed by atoms with Gasteiger partial charge in [-0.3, -0.25) is 13.9 Å². The molecular weight excluding hydrogens is 517 g/mol. The highest BCUT2D eigenvalue weighted by Crippen LogP contribution is 2.29. The normalized spacial score (nSPS) is 12.0. The zero-order valence-electron chi connectivity index (χ0n) is 20.8. The van der Waals surface area contributed by atoms with Gasteiger partial charge in [0.2, 0.25) is 11.8 Å². The van der Waals surface area contributed by atoms with Crippen molar-refractivity contribution in [3.63, 3.8) is 0 Å². The van der Waals surface area contributed by atoms with Crippen molar-refractivity contribution in [2.45, 2.75) is 38.3 Å². The molecule has 0 spiro atoms. The van der Waals surface area contributed by atoms with Crippen LogP contribution in [0.2, 0.25) is 5.02 Å². The number of carbonyl (C=O) groups excluding carboxylic acids is 2. The number of anilines is 1. The van der Waals surface area contributed by atoms with Crippen molar-refractivity contribution in [3.8, 4) is 0 Å². The molecule has 2 amide bonds. The van der Waals surface area contributed by atoms with Crippen LogP contribution >= 0.6 is 11.6 Å². The summed E-state index contributed by atoms with van der Waals surface area (Å²) in [7, 11) is -4.16. The van der Waals surface area contributed by atoms with E-state index in [2.05, 4.69) is 5.32 Å². The largest absolute Gasteiger partial charge is 0.355 e. The van der Waals surface area contributed by atoms with Crippen molar-refractivity contribution in [1.29, 1.82) is 0 Å². The number of rotatable bonds is 10. The SMILES string of the molecule is CCNC(=O)[C@@H](C)N(Cc1ccc(F)cc1)C(=O)CN(c1ccc(Cl)cc1C)S(=O)(=O)c1ccccc1. The standard InChI is InChI=1S/C27H29ClFN3O4S/c1-4-30-27(34)20(3)31(17-21-10-13-23(29)14-11-21)26(33)18-32(25-15-12-22(28)16-19(25)2)37(35,36)24-8-6-5-7-9-24/h5-16,20H,4,17-18H2,1-3H3,(H,30,34)/t20-/m1/s1. The third kappa shape index (κ3) is 6.87. The van der Waals surface area contributed by atoms with Crippen LogP contribution in [0.5, 0.6) is 0 Å². The Bertz CT molecular complexity index is 1350.